The third-order valence-electron chi connectivity index (χ3n) is 3.42. The summed E-state index contributed by atoms with van der Waals surface area (Å²) < 4.78 is 0. The first-order valence-corrected chi connectivity index (χ1v) is 7.49. The van der Waals surface area contributed by atoms with Crippen molar-refractivity contribution in [2.45, 2.75) is 52.4 Å². The van der Waals surface area contributed by atoms with Crippen LogP contribution in [0.15, 0.2) is 0 Å². The van der Waals surface area contributed by atoms with E-state index in [1.54, 1.807) is 0 Å². The van der Waals surface area contributed by atoms with Gasteiger partial charge in [0.05, 0.1) is 0 Å². The van der Waals surface area contributed by atoms with Crippen LogP contribution in [0, 0.1) is 11.8 Å². The number of Topliss-reactive ketones (excluding diaryl/α,β-unsaturated/α-hetero) is 1. The van der Waals surface area contributed by atoms with Gasteiger partial charge in [0, 0.05) is 12.8 Å². The van der Waals surface area contributed by atoms with Gasteiger partial charge in [0.15, 0.2) is 0 Å². The maximum absolute atomic E-state index is 11.7. The lowest BCUT2D eigenvalue weighted by Crippen LogP contribution is -2.16. The molecule has 0 aromatic rings. The molecule has 1 aliphatic heterocycles. The zero-order chi connectivity index (χ0) is 11.1. The summed E-state index contributed by atoms with van der Waals surface area (Å²) in [7, 11) is 0. The van der Waals surface area contributed by atoms with Crippen molar-refractivity contribution in [3.8, 4) is 0 Å². The maximum Gasteiger partial charge on any atom is 0.133 e. The minimum atomic E-state index is 0.505. The summed E-state index contributed by atoms with van der Waals surface area (Å²) in [6, 6.07) is 0. The van der Waals surface area contributed by atoms with Crippen molar-refractivity contribution in [3.05, 3.63) is 0 Å². The van der Waals surface area contributed by atoms with Crippen molar-refractivity contribution in [1.29, 1.82) is 0 Å². The van der Waals surface area contributed by atoms with Crippen molar-refractivity contribution >= 4 is 17.5 Å². The van der Waals surface area contributed by atoms with E-state index in [1.807, 2.05) is 11.8 Å². The van der Waals surface area contributed by atoms with Gasteiger partial charge in [-0.1, -0.05) is 26.7 Å². The highest BCUT2D eigenvalue weighted by Crippen LogP contribution is 2.28. The Hall–Kier alpha value is 0.0200. The Morgan fingerprint density at radius 2 is 2.27 bits per heavy atom. The molecule has 1 heterocycles. The number of rotatable bonds is 3. The standard InChI is InChI=1S/C13H24OS/c1-3-5-11(2)12-7-9-15-8-4-6-13(14)10-12/h11-12H,3-10H2,1-2H3. The fourth-order valence-electron chi connectivity index (χ4n) is 2.38. The summed E-state index contributed by atoms with van der Waals surface area (Å²) in [5, 5.41) is 0. The molecule has 1 rings (SSSR count). The quantitative estimate of drug-likeness (QED) is 0.728. The van der Waals surface area contributed by atoms with Crippen LogP contribution in [0.1, 0.15) is 52.4 Å². The summed E-state index contributed by atoms with van der Waals surface area (Å²) in [5.41, 5.74) is 0. The van der Waals surface area contributed by atoms with Crippen LogP contribution in [0.4, 0.5) is 0 Å². The smallest absolute Gasteiger partial charge is 0.133 e. The van der Waals surface area contributed by atoms with Gasteiger partial charge < -0.3 is 0 Å². The lowest BCUT2D eigenvalue weighted by atomic mass is 9.84. The zero-order valence-corrected chi connectivity index (χ0v) is 10.9. The van der Waals surface area contributed by atoms with Gasteiger partial charge in [-0.2, -0.15) is 11.8 Å². The molecular formula is C13H24OS. The number of thioether (sulfide) groups is 1. The van der Waals surface area contributed by atoms with Crippen molar-refractivity contribution < 1.29 is 4.79 Å². The first kappa shape index (κ1) is 13.1. The summed E-state index contributed by atoms with van der Waals surface area (Å²) >= 11 is 2.03. The molecule has 0 aliphatic carbocycles. The monoisotopic (exact) mass is 228 g/mol. The molecule has 2 unspecified atom stereocenters. The number of carbonyl (C=O) groups is 1. The topological polar surface area (TPSA) is 17.1 Å². The van der Waals surface area contributed by atoms with E-state index in [1.165, 1.54) is 30.8 Å². The summed E-state index contributed by atoms with van der Waals surface area (Å²) in [4.78, 5) is 11.7. The van der Waals surface area contributed by atoms with Crippen molar-refractivity contribution in [2.75, 3.05) is 11.5 Å². The van der Waals surface area contributed by atoms with E-state index < -0.39 is 0 Å². The molecule has 0 spiro atoms. The zero-order valence-electron chi connectivity index (χ0n) is 10.1. The molecule has 88 valence electrons. The van der Waals surface area contributed by atoms with Crippen LogP contribution in [0.2, 0.25) is 0 Å². The molecule has 2 heteroatoms. The molecule has 0 saturated carbocycles. The van der Waals surface area contributed by atoms with Gasteiger partial charge in [-0.15, -0.1) is 0 Å². The molecule has 1 fully saturated rings. The van der Waals surface area contributed by atoms with Crippen LogP contribution >= 0.6 is 11.8 Å². The summed E-state index contributed by atoms with van der Waals surface area (Å²) in [5.74, 6) is 4.33. The second-order valence-electron chi connectivity index (χ2n) is 4.77. The molecule has 2 atom stereocenters. The van der Waals surface area contributed by atoms with Gasteiger partial charge in [-0.25, -0.2) is 0 Å². The van der Waals surface area contributed by atoms with Crippen LogP contribution in [0.25, 0.3) is 0 Å². The fraction of sp³-hybridized carbons (Fsp3) is 0.923. The van der Waals surface area contributed by atoms with Crippen molar-refractivity contribution in [2.24, 2.45) is 11.8 Å². The Bertz CT molecular complexity index is 191. The molecule has 1 saturated heterocycles. The number of hydrogen-bond donors (Lipinski definition) is 0. The van der Waals surface area contributed by atoms with E-state index in [0.717, 1.165) is 25.2 Å². The SMILES string of the molecule is CCCC(C)C1CCSCCCC(=O)C1. The highest BCUT2D eigenvalue weighted by molar-refractivity contribution is 7.99. The Morgan fingerprint density at radius 3 is 3.00 bits per heavy atom. The lowest BCUT2D eigenvalue weighted by molar-refractivity contribution is -0.120. The molecule has 0 bridgehead atoms. The maximum atomic E-state index is 11.7. The van der Waals surface area contributed by atoms with E-state index in [4.69, 9.17) is 0 Å². The first-order chi connectivity index (χ1) is 7.24. The molecule has 0 aromatic heterocycles. The first-order valence-electron chi connectivity index (χ1n) is 6.33. The van der Waals surface area contributed by atoms with Crippen LogP contribution in [0.5, 0.6) is 0 Å². The molecule has 1 nitrogen and oxygen atoms in total. The molecule has 1 aliphatic rings. The van der Waals surface area contributed by atoms with Gasteiger partial charge in [-0.3, -0.25) is 4.79 Å². The third-order valence-corrected chi connectivity index (χ3v) is 4.52. The predicted octanol–water partition coefficient (Wildman–Crippen LogP) is 3.92. The highest BCUT2D eigenvalue weighted by Gasteiger charge is 2.20. The van der Waals surface area contributed by atoms with Crippen LogP contribution < -0.4 is 0 Å². The van der Waals surface area contributed by atoms with Crippen LogP contribution in [0.3, 0.4) is 0 Å². The van der Waals surface area contributed by atoms with Crippen molar-refractivity contribution in [3.63, 3.8) is 0 Å². The normalized spacial score (nSPS) is 26.5. The number of ketones is 1. The average molecular weight is 228 g/mol. The van der Waals surface area contributed by atoms with E-state index in [2.05, 4.69) is 13.8 Å². The molecule has 0 aromatic carbocycles. The second-order valence-corrected chi connectivity index (χ2v) is 6.00. The summed E-state index contributed by atoms with van der Waals surface area (Å²) in [6.45, 7) is 4.56. The van der Waals surface area contributed by atoms with E-state index >= 15 is 0 Å². The Morgan fingerprint density at radius 1 is 1.47 bits per heavy atom. The molecule has 15 heavy (non-hydrogen) atoms. The number of carbonyl (C=O) groups excluding carboxylic acids is 1. The van der Waals surface area contributed by atoms with Crippen molar-refractivity contribution in [1.82, 2.24) is 0 Å². The Kier molecular flexibility index (Phi) is 6.39. The minimum Gasteiger partial charge on any atom is -0.300 e. The van der Waals surface area contributed by atoms with E-state index in [0.29, 0.717) is 11.7 Å². The van der Waals surface area contributed by atoms with Gasteiger partial charge >= 0.3 is 0 Å². The van der Waals surface area contributed by atoms with Crippen LogP contribution in [-0.4, -0.2) is 17.3 Å². The van der Waals surface area contributed by atoms with Gasteiger partial charge in [-0.05, 0) is 36.2 Å². The Balaban J connectivity index is 2.46. The predicted molar refractivity (Wildman–Crippen MR) is 68.4 cm³/mol. The van der Waals surface area contributed by atoms with Crippen LogP contribution in [-0.2, 0) is 4.79 Å². The fourth-order valence-corrected chi connectivity index (χ4v) is 3.40. The largest absolute Gasteiger partial charge is 0.300 e. The third kappa shape index (κ3) is 5.05. The van der Waals surface area contributed by atoms with E-state index in [-0.39, 0.29) is 0 Å². The second kappa shape index (κ2) is 7.32. The summed E-state index contributed by atoms with van der Waals surface area (Å²) in [6.07, 6.45) is 6.54. The molecule has 0 radical (unpaired) electrons. The minimum absolute atomic E-state index is 0.505. The van der Waals surface area contributed by atoms with Gasteiger partial charge in [0.2, 0.25) is 0 Å². The highest BCUT2D eigenvalue weighted by atomic mass is 32.2. The lowest BCUT2D eigenvalue weighted by Gasteiger charge is -2.22. The van der Waals surface area contributed by atoms with Gasteiger partial charge in [0.25, 0.3) is 0 Å². The molecule has 0 amide bonds. The molecular weight excluding hydrogens is 204 g/mol. The van der Waals surface area contributed by atoms with Gasteiger partial charge in [0.1, 0.15) is 5.78 Å². The Labute approximate surface area is 98.4 Å². The average Bonchev–Trinajstić information content (AvgIpc) is 2.30. The molecule has 0 N–H and O–H groups in total. The number of hydrogen-bond acceptors (Lipinski definition) is 2. The van der Waals surface area contributed by atoms with E-state index in [9.17, 15) is 4.79 Å².